The van der Waals surface area contributed by atoms with Gasteiger partial charge in [0.1, 0.15) is 11.5 Å². The standard InChI is InChI=1S/C18H21NO3/c1-13-5-4-6-14(2)18(13)19-17(20)11-12-22-16-9-7-15(21-3)8-10-16/h4-10H,11-12H2,1-3H3,(H,19,20). The van der Waals surface area contributed by atoms with Crippen molar-refractivity contribution in [2.75, 3.05) is 19.0 Å². The third-order valence-corrected chi connectivity index (χ3v) is 3.40. The van der Waals surface area contributed by atoms with Gasteiger partial charge in [-0.1, -0.05) is 18.2 Å². The molecule has 0 spiro atoms. The lowest BCUT2D eigenvalue weighted by atomic mass is 10.1. The molecule has 0 aromatic heterocycles. The van der Waals surface area contributed by atoms with Crippen LogP contribution in [0.4, 0.5) is 5.69 Å². The van der Waals surface area contributed by atoms with Gasteiger partial charge in [-0.15, -0.1) is 0 Å². The number of carbonyl (C=O) groups excluding carboxylic acids is 1. The van der Waals surface area contributed by atoms with Gasteiger partial charge in [0.2, 0.25) is 5.91 Å². The van der Waals surface area contributed by atoms with Gasteiger partial charge < -0.3 is 14.8 Å². The monoisotopic (exact) mass is 299 g/mol. The highest BCUT2D eigenvalue weighted by atomic mass is 16.5. The van der Waals surface area contributed by atoms with Gasteiger partial charge in [-0.2, -0.15) is 0 Å². The van der Waals surface area contributed by atoms with Crippen LogP contribution in [0.1, 0.15) is 17.5 Å². The normalized spacial score (nSPS) is 10.1. The molecule has 4 heteroatoms. The van der Waals surface area contributed by atoms with Crippen LogP contribution < -0.4 is 14.8 Å². The molecular formula is C18H21NO3. The van der Waals surface area contributed by atoms with E-state index in [1.807, 2.05) is 56.3 Å². The second kappa shape index (κ2) is 7.50. The Morgan fingerprint density at radius 1 is 1.00 bits per heavy atom. The molecular weight excluding hydrogens is 278 g/mol. The molecule has 0 saturated heterocycles. The van der Waals surface area contributed by atoms with E-state index in [0.29, 0.717) is 13.0 Å². The van der Waals surface area contributed by atoms with Crippen molar-refractivity contribution >= 4 is 11.6 Å². The van der Waals surface area contributed by atoms with Gasteiger partial charge in [-0.05, 0) is 49.2 Å². The zero-order valence-electron chi connectivity index (χ0n) is 13.2. The van der Waals surface area contributed by atoms with Crippen molar-refractivity contribution in [1.82, 2.24) is 0 Å². The van der Waals surface area contributed by atoms with E-state index in [1.54, 1.807) is 7.11 Å². The van der Waals surface area contributed by atoms with Crippen LogP contribution in [0.2, 0.25) is 0 Å². The molecule has 22 heavy (non-hydrogen) atoms. The van der Waals surface area contributed by atoms with Crippen LogP contribution in [0.5, 0.6) is 11.5 Å². The lowest BCUT2D eigenvalue weighted by Crippen LogP contribution is -2.16. The van der Waals surface area contributed by atoms with E-state index in [9.17, 15) is 4.79 Å². The summed E-state index contributed by atoms with van der Waals surface area (Å²) < 4.78 is 10.6. The number of hydrogen-bond donors (Lipinski definition) is 1. The topological polar surface area (TPSA) is 47.6 Å². The highest BCUT2D eigenvalue weighted by molar-refractivity contribution is 5.92. The molecule has 116 valence electrons. The number of carbonyl (C=O) groups is 1. The molecule has 0 aliphatic rings. The number of aryl methyl sites for hydroxylation is 2. The predicted molar refractivity (Wildman–Crippen MR) is 87.7 cm³/mol. The molecule has 0 bridgehead atoms. The molecule has 2 aromatic rings. The average Bonchev–Trinajstić information content (AvgIpc) is 2.52. The fourth-order valence-electron chi connectivity index (χ4n) is 2.15. The Kier molecular flexibility index (Phi) is 5.42. The second-order valence-corrected chi connectivity index (χ2v) is 5.09. The summed E-state index contributed by atoms with van der Waals surface area (Å²) in [7, 11) is 1.62. The Morgan fingerprint density at radius 3 is 2.18 bits per heavy atom. The van der Waals surface area contributed by atoms with Crippen LogP contribution in [-0.2, 0) is 4.79 Å². The summed E-state index contributed by atoms with van der Waals surface area (Å²) in [6.07, 6.45) is 0.305. The summed E-state index contributed by atoms with van der Waals surface area (Å²) in [4.78, 5) is 12.0. The Labute approximate surface area is 131 Å². The lowest BCUT2D eigenvalue weighted by molar-refractivity contribution is -0.116. The Balaban J connectivity index is 1.82. The zero-order valence-corrected chi connectivity index (χ0v) is 13.2. The van der Waals surface area contributed by atoms with Crippen molar-refractivity contribution in [3.8, 4) is 11.5 Å². The van der Waals surface area contributed by atoms with Gasteiger partial charge >= 0.3 is 0 Å². The predicted octanol–water partition coefficient (Wildman–Crippen LogP) is 3.72. The molecule has 4 nitrogen and oxygen atoms in total. The number of nitrogens with one attached hydrogen (secondary N) is 1. The average molecular weight is 299 g/mol. The molecule has 0 unspecified atom stereocenters. The first kappa shape index (κ1) is 15.9. The summed E-state index contributed by atoms with van der Waals surface area (Å²) in [5, 5.41) is 2.94. The number of benzene rings is 2. The molecule has 2 rings (SSSR count). The summed E-state index contributed by atoms with van der Waals surface area (Å²) in [5.41, 5.74) is 3.01. The highest BCUT2D eigenvalue weighted by Crippen LogP contribution is 2.20. The molecule has 0 heterocycles. The molecule has 0 aliphatic carbocycles. The number of rotatable bonds is 6. The molecule has 1 amide bonds. The van der Waals surface area contributed by atoms with E-state index in [-0.39, 0.29) is 5.91 Å². The number of amides is 1. The molecule has 2 aromatic carbocycles. The first-order valence-corrected chi connectivity index (χ1v) is 7.23. The largest absolute Gasteiger partial charge is 0.497 e. The van der Waals surface area contributed by atoms with E-state index < -0.39 is 0 Å². The Morgan fingerprint density at radius 2 is 1.59 bits per heavy atom. The van der Waals surface area contributed by atoms with Gasteiger partial charge in [-0.25, -0.2) is 0 Å². The molecule has 0 fully saturated rings. The van der Waals surface area contributed by atoms with E-state index in [0.717, 1.165) is 28.3 Å². The van der Waals surface area contributed by atoms with Crippen molar-refractivity contribution < 1.29 is 14.3 Å². The Hall–Kier alpha value is -2.49. The maximum Gasteiger partial charge on any atom is 0.227 e. The zero-order chi connectivity index (χ0) is 15.9. The number of ether oxygens (including phenoxy) is 2. The molecule has 0 saturated carbocycles. The minimum atomic E-state index is -0.0501. The van der Waals surface area contributed by atoms with Crippen LogP contribution in [0.25, 0.3) is 0 Å². The third-order valence-electron chi connectivity index (χ3n) is 3.40. The van der Waals surface area contributed by atoms with Gasteiger partial charge in [0.05, 0.1) is 20.1 Å². The van der Waals surface area contributed by atoms with Crippen LogP contribution in [-0.4, -0.2) is 19.6 Å². The molecule has 0 atom stereocenters. The van der Waals surface area contributed by atoms with Crippen molar-refractivity contribution in [1.29, 1.82) is 0 Å². The van der Waals surface area contributed by atoms with Crippen molar-refractivity contribution in [2.45, 2.75) is 20.3 Å². The SMILES string of the molecule is COc1ccc(OCCC(=O)Nc2c(C)cccc2C)cc1. The smallest absolute Gasteiger partial charge is 0.227 e. The summed E-state index contributed by atoms with van der Waals surface area (Å²) in [5.74, 6) is 1.45. The first-order chi connectivity index (χ1) is 10.6. The highest BCUT2D eigenvalue weighted by Gasteiger charge is 2.07. The molecule has 0 aliphatic heterocycles. The van der Waals surface area contributed by atoms with Crippen LogP contribution in [0.3, 0.4) is 0 Å². The van der Waals surface area contributed by atoms with Gasteiger partial charge in [-0.3, -0.25) is 4.79 Å². The summed E-state index contributed by atoms with van der Waals surface area (Å²) in [6.45, 7) is 4.30. The number of anilines is 1. The fourth-order valence-corrected chi connectivity index (χ4v) is 2.15. The maximum atomic E-state index is 12.0. The van der Waals surface area contributed by atoms with E-state index in [4.69, 9.17) is 9.47 Å². The number of methoxy groups -OCH3 is 1. The van der Waals surface area contributed by atoms with E-state index in [1.165, 1.54) is 0 Å². The number of para-hydroxylation sites is 1. The van der Waals surface area contributed by atoms with Crippen LogP contribution in [0, 0.1) is 13.8 Å². The van der Waals surface area contributed by atoms with Gasteiger partial charge in [0.15, 0.2) is 0 Å². The third kappa shape index (κ3) is 4.25. The minimum absolute atomic E-state index is 0.0501. The van der Waals surface area contributed by atoms with Crippen molar-refractivity contribution in [3.63, 3.8) is 0 Å². The van der Waals surface area contributed by atoms with E-state index >= 15 is 0 Å². The number of hydrogen-bond acceptors (Lipinski definition) is 3. The quantitative estimate of drug-likeness (QED) is 0.884. The van der Waals surface area contributed by atoms with Gasteiger partial charge in [0.25, 0.3) is 0 Å². The Bertz CT molecular complexity index is 615. The van der Waals surface area contributed by atoms with Crippen LogP contribution >= 0.6 is 0 Å². The minimum Gasteiger partial charge on any atom is -0.497 e. The van der Waals surface area contributed by atoms with Gasteiger partial charge in [0, 0.05) is 5.69 Å². The fraction of sp³-hybridized carbons (Fsp3) is 0.278. The molecule has 1 N–H and O–H groups in total. The van der Waals surface area contributed by atoms with Crippen molar-refractivity contribution in [3.05, 3.63) is 53.6 Å². The summed E-state index contributed by atoms with van der Waals surface area (Å²) in [6, 6.07) is 13.2. The second-order valence-electron chi connectivity index (χ2n) is 5.09. The van der Waals surface area contributed by atoms with E-state index in [2.05, 4.69) is 5.32 Å². The maximum absolute atomic E-state index is 12.0. The first-order valence-electron chi connectivity index (χ1n) is 7.23. The van der Waals surface area contributed by atoms with Crippen LogP contribution in [0.15, 0.2) is 42.5 Å². The van der Waals surface area contributed by atoms with Crippen molar-refractivity contribution in [2.24, 2.45) is 0 Å². The lowest BCUT2D eigenvalue weighted by Gasteiger charge is -2.12. The summed E-state index contributed by atoms with van der Waals surface area (Å²) >= 11 is 0. The molecule has 0 radical (unpaired) electrons.